The van der Waals surface area contributed by atoms with Crippen LogP contribution in [0.5, 0.6) is 5.75 Å². The van der Waals surface area contributed by atoms with E-state index in [0.29, 0.717) is 6.61 Å². The number of hydrogen-bond donors (Lipinski definition) is 1. The number of fused-ring (bicyclic) bond motifs is 1. The summed E-state index contributed by atoms with van der Waals surface area (Å²) in [5, 5.41) is 0. The first-order valence-electron chi connectivity index (χ1n) is 6.59. The summed E-state index contributed by atoms with van der Waals surface area (Å²) in [6, 6.07) is 6.12. The van der Waals surface area contributed by atoms with Gasteiger partial charge in [0.2, 0.25) is 0 Å². The summed E-state index contributed by atoms with van der Waals surface area (Å²) >= 11 is 0. The normalized spacial score (nSPS) is 17.7. The molecule has 1 aliphatic rings. The van der Waals surface area contributed by atoms with Crippen LogP contribution in [0.3, 0.4) is 0 Å². The minimum Gasteiger partial charge on any atom is -0.492 e. The molecule has 1 aliphatic heterocycles. The minimum absolute atomic E-state index is 0.0597. The molecule has 2 N–H and O–H groups in total. The third-order valence-electron chi connectivity index (χ3n) is 3.38. The van der Waals surface area contributed by atoms with Gasteiger partial charge in [-0.2, -0.15) is 0 Å². The SMILES string of the molecule is CCc1ncc(-c2cccc3c2CC(N)CO3)cn1. The number of ether oxygens (including phenoxy) is 1. The highest BCUT2D eigenvalue weighted by Gasteiger charge is 2.20. The molecule has 2 aromatic rings. The van der Waals surface area contributed by atoms with Gasteiger partial charge >= 0.3 is 0 Å². The van der Waals surface area contributed by atoms with Crippen LogP contribution >= 0.6 is 0 Å². The van der Waals surface area contributed by atoms with E-state index >= 15 is 0 Å². The second-order valence-electron chi connectivity index (χ2n) is 4.80. The number of rotatable bonds is 2. The van der Waals surface area contributed by atoms with Crippen LogP contribution in [-0.2, 0) is 12.8 Å². The smallest absolute Gasteiger partial charge is 0.127 e. The summed E-state index contributed by atoms with van der Waals surface area (Å²) in [7, 11) is 0. The fourth-order valence-electron chi connectivity index (χ4n) is 2.38. The van der Waals surface area contributed by atoms with Crippen molar-refractivity contribution in [1.82, 2.24) is 9.97 Å². The molecule has 0 bridgehead atoms. The highest BCUT2D eigenvalue weighted by atomic mass is 16.5. The van der Waals surface area contributed by atoms with Gasteiger partial charge in [0.05, 0.1) is 0 Å². The Kier molecular flexibility index (Phi) is 3.17. The fourth-order valence-corrected chi connectivity index (χ4v) is 2.38. The predicted octanol–water partition coefficient (Wildman–Crippen LogP) is 1.97. The van der Waals surface area contributed by atoms with Crippen molar-refractivity contribution >= 4 is 0 Å². The van der Waals surface area contributed by atoms with Gasteiger partial charge < -0.3 is 10.5 Å². The topological polar surface area (TPSA) is 61.0 Å². The molecule has 2 heterocycles. The fraction of sp³-hybridized carbons (Fsp3) is 0.333. The van der Waals surface area contributed by atoms with E-state index in [1.54, 1.807) is 0 Å². The molecular weight excluding hydrogens is 238 g/mol. The zero-order valence-corrected chi connectivity index (χ0v) is 11.0. The van der Waals surface area contributed by atoms with Crippen LogP contribution in [0.2, 0.25) is 0 Å². The number of aryl methyl sites for hydroxylation is 1. The lowest BCUT2D eigenvalue weighted by atomic mass is 9.94. The van der Waals surface area contributed by atoms with E-state index in [-0.39, 0.29) is 6.04 Å². The van der Waals surface area contributed by atoms with E-state index < -0.39 is 0 Å². The van der Waals surface area contributed by atoms with Crippen LogP contribution in [0.15, 0.2) is 30.6 Å². The first kappa shape index (κ1) is 12.1. The van der Waals surface area contributed by atoms with Gasteiger partial charge in [-0.1, -0.05) is 19.1 Å². The molecule has 19 heavy (non-hydrogen) atoms. The van der Waals surface area contributed by atoms with Gasteiger partial charge in [0.25, 0.3) is 0 Å². The van der Waals surface area contributed by atoms with E-state index in [1.807, 2.05) is 31.5 Å². The van der Waals surface area contributed by atoms with Gasteiger partial charge in [0.1, 0.15) is 18.2 Å². The first-order valence-corrected chi connectivity index (χ1v) is 6.59. The van der Waals surface area contributed by atoms with E-state index in [4.69, 9.17) is 10.5 Å². The van der Waals surface area contributed by atoms with Crippen molar-refractivity contribution in [2.75, 3.05) is 6.61 Å². The van der Waals surface area contributed by atoms with Gasteiger partial charge in [-0.15, -0.1) is 0 Å². The lowest BCUT2D eigenvalue weighted by Gasteiger charge is -2.24. The highest BCUT2D eigenvalue weighted by Crippen LogP contribution is 2.33. The quantitative estimate of drug-likeness (QED) is 0.891. The number of hydrogen-bond acceptors (Lipinski definition) is 4. The van der Waals surface area contributed by atoms with Crippen molar-refractivity contribution in [3.63, 3.8) is 0 Å². The van der Waals surface area contributed by atoms with E-state index in [1.165, 1.54) is 0 Å². The molecule has 1 aromatic carbocycles. The van der Waals surface area contributed by atoms with Crippen molar-refractivity contribution in [1.29, 1.82) is 0 Å². The van der Waals surface area contributed by atoms with Crippen molar-refractivity contribution < 1.29 is 4.74 Å². The Bertz CT molecular complexity index is 580. The molecule has 0 amide bonds. The standard InChI is InChI=1S/C15H17N3O/c1-2-15-17-7-10(8-18-15)12-4-3-5-14-13(12)6-11(16)9-19-14/h3-5,7-8,11H,2,6,9,16H2,1H3. The number of benzene rings is 1. The maximum Gasteiger partial charge on any atom is 0.127 e. The number of nitrogens with two attached hydrogens (primary N) is 1. The summed E-state index contributed by atoms with van der Waals surface area (Å²) in [4.78, 5) is 8.72. The Morgan fingerprint density at radius 3 is 2.84 bits per heavy atom. The third kappa shape index (κ3) is 2.31. The Morgan fingerprint density at radius 2 is 2.11 bits per heavy atom. The lowest BCUT2D eigenvalue weighted by Crippen LogP contribution is -2.34. The molecule has 0 saturated heterocycles. The van der Waals surface area contributed by atoms with E-state index in [0.717, 1.165) is 41.1 Å². The monoisotopic (exact) mass is 255 g/mol. The summed E-state index contributed by atoms with van der Waals surface area (Å²) in [6.45, 7) is 2.63. The Morgan fingerprint density at radius 1 is 1.32 bits per heavy atom. The molecule has 4 heteroatoms. The first-order chi connectivity index (χ1) is 9.28. The summed E-state index contributed by atoms with van der Waals surface area (Å²) < 4.78 is 5.68. The lowest BCUT2D eigenvalue weighted by molar-refractivity contribution is 0.264. The van der Waals surface area contributed by atoms with Crippen molar-refractivity contribution in [2.45, 2.75) is 25.8 Å². The summed E-state index contributed by atoms with van der Waals surface area (Å²) in [5.74, 6) is 1.79. The predicted molar refractivity (Wildman–Crippen MR) is 74.0 cm³/mol. The highest BCUT2D eigenvalue weighted by molar-refractivity contribution is 5.69. The molecule has 1 unspecified atom stereocenters. The van der Waals surface area contributed by atoms with E-state index in [9.17, 15) is 0 Å². The Hall–Kier alpha value is -1.94. The molecule has 98 valence electrons. The molecule has 0 aliphatic carbocycles. The molecule has 3 rings (SSSR count). The second kappa shape index (κ2) is 4.97. The van der Waals surface area contributed by atoms with Crippen LogP contribution in [0.25, 0.3) is 11.1 Å². The van der Waals surface area contributed by atoms with Gasteiger partial charge in [0.15, 0.2) is 0 Å². The van der Waals surface area contributed by atoms with Crippen LogP contribution in [0, 0.1) is 0 Å². The Balaban J connectivity index is 2.04. The molecule has 4 nitrogen and oxygen atoms in total. The van der Waals surface area contributed by atoms with Crippen molar-refractivity contribution in [2.24, 2.45) is 5.73 Å². The van der Waals surface area contributed by atoms with Crippen molar-refractivity contribution in [3.8, 4) is 16.9 Å². The van der Waals surface area contributed by atoms with Crippen LogP contribution in [0.4, 0.5) is 0 Å². The molecule has 0 radical (unpaired) electrons. The van der Waals surface area contributed by atoms with Gasteiger partial charge in [-0.25, -0.2) is 9.97 Å². The molecular formula is C15H17N3O. The Labute approximate surface area is 112 Å². The molecule has 0 fully saturated rings. The maximum atomic E-state index is 5.99. The maximum absolute atomic E-state index is 5.99. The van der Waals surface area contributed by atoms with Crippen LogP contribution < -0.4 is 10.5 Å². The largest absolute Gasteiger partial charge is 0.492 e. The average molecular weight is 255 g/mol. The van der Waals surface area contributed by atoms with E-state index in [2.05, 4.69) is 16.0 Å². The minimum atomic E-state index is 0.0597. The summed E-state index contributed by atoms with van der Waals surface area (Å²) in [5.41, 5.74) is 9.29. The van der Waals surface area contributed by atoms with Gasteiger partial charge in [-0.3, -0.25) is 0 Å². The van der Waals surface area contributed by atoms with Gasteiger partial charge in [-0.05, 0) is 18.1 Å². The zero-order valence-electron chi connectivity index (χ0n) is 11.0. The zero-order chi connectivity index (χ0) is 13.2. The van der Waals surface area contributed by atoms with Crippen LogP contribution in [-0.4, -0.2) is 22.6 Å². The molecule has 0 saturated carbocycles. The number of aromatic nitrogens is 2. The van der Waals surface area contributed by atoms with Gasteiger partial charge in [0, 0.05) is 36.0 Å². The third-order valence-corrected chi connectivity index (χ3v) is 3.38. The summed E-state index contributed by atoms with van der Waals surface area (Å²) in [6.07, 6.45) is 5.44. The average Bonchev–Trinajstić information content (AvgIpc) is 2.47. The molecule has 0 spiro atoms. The molecule has 1 atom stereocenters. The number of nitrogens with zero attached hydrogens (tertiary/aromatic N) is 2. The second-order valence-corrected chi connectivity index (χ2v) is 4.80. The molecule has 1 aromatic heterocycles. The van der Waals surface area contributed by atoms with Crippen LogP contribution in [0.1, 0.15) is 18.3 Å². The van der Waals surface area contributed by atoms with Crippen molar-refractivity contribution in [3.05, 3.63) is 42.0 Å².